The highest BCUT2D eigenvalue weighted by Crippen LogP contribution is 2.30. The lowest BCUT2D eigenvalue weighted by atomic mass is 9.96. The monoisotopic (exact) mass is 567 g/mol. The Morgan fingerprint density at radius 3 is 2.41 bits per heavy atom. The molecule has 1 atom stereocenters. The van der Waals surface area contributed by atoms with E-state index < -0.39 is 12.0 Å². The van der Waals surface area contributed by atoms with Gasteiger partial charge < -0.3 is 14.8 Å². The number of nitrogens with one attached hydrogen (secondary N) is 1. The van der Waals surface area contributed by atoms with E-state index in [4.69, 9.17) is 9.47 Å². The largest absolute Gasteiger partial charge is 0.484 e. The number of esters is 1. The van der Waals surface area contributed by atoms with Crippen LogP contribution in [0.5, 0.6) is 5.75 Å². The molecule has 208 valence electrons. The predicted molar refractivity (Wildman–Crippen MR) is 159 cm³/mol. The highest BCUT2D eigenvalue weighted by molar-refractivity contribution is 7.07. The number of carbonyl (C=O) groups excluding carboxylic acids is 2. The van der Waals surface area contributed by atoms with Crippen LogP contribution in [-0.4, -0.2) is 30.2 Å². The normalized spacial score (nSPS) is 14.7. The van der Waals surface area contributed by atoms with E-state index in [0.29, 0.717) is 26.4 Å². The van der Waals surface area contributed by atoms with Crippen molar-refractivity contribution in [3.05, 3.63) is 126 Å². The van der Waals surface area contributed by atoms with Gasteiger partial charge in [-0.1, -0.05) is 59.9 Å². The molecule has 1 amide bonds. The Morgan fingerprint density at radius 2 is 1.73 bits per heavy atom. The van der Waals surface area contributed by atoms with E-state index in [1.54, 1.807) is 29.7 Å². The first-order valence-electron chi connectivity index (χ1n) is 13.0. The minimum Gasteiger partial charge on any atom is -0.484 e. The summed E-state index contributed by atoms with van der Waals surface area (Å²) in [4.78, 5) is 43.8. The molecular weight excluding hydrogens is 538 g/mol. The number of amides is 1. The first-order chi connectivity index (χ1) is 19.7. The number of nitrogens with zero attached hydrogens (tertiary/aromatic N) is 2. The zero-order valence-electron chi connectivity index (χ0n) is 23.1. The summed E-state index contributed by atoms with van der Waals surface area (Å²) in [6, 6.07) is 21.6. The van der Waals surface area contributed by atoms with Gasteiger partial charge in [-0.15, -0.1) is 0 Å². The molecule has 1 N–H and O–H groups in total. The summed E-state index contributed by atoms with van der Waals surface area (Å²) in [5, 5.41) is 2.84. The second kappa shape index (κ2) is 11.8. The minimum atomic E-state index is -0.646. The number of fused-ring (bicyclic) bond motifs is 1. The van der Waals surface area contributed by atoms with Crippen LogP contribution < -0.4 is 24.9 Å². The first kappa shape index (κ1) is 27.8. The number of hydrogen-bond acceptors (Lipinski definition) is 7. The summed E-state index contributed by atoms with van der Waals surface area (Å²) < 4.78 is 12.7. The van der Waals surface area contributed by atoms with Gasteiger partial charge in [0.1, 0.15) is 5.75 Å². The molecule has 0 aliphatic carbocycles. The maximum Gasteiger partial charge on any atom is 0.338 e. The summed E-state index contributed by atoms with van der Waals surface area (Å²) in [5.41, 5.74) is 5.15. The van der Waals surface area contributed by atoms with E-state index in [0.717, 1.165) is 27.9 Å². The van der Waals surface area contributed by atoms with Gasteiger partial charge in [-0.05, 0) is 73.4 Å². The molecular formula is C32H29N3O5S. The van der Waals surface area contributed by atoms with Crippen LogP contribution in [0.1, 0.15) is 35.2 Å². The molecule has 0 saturated heterocycles. The molecule has 1 unspecified atom stereocenters. The predicted octanol–water partition coefficient (Wildman–Crippen LogP) is 4.04. The van der Waals surface area contributed by atoms with Gasteiger partial charge in [0.2, 0.25) is 0 Å². The molecule has 1 aliphatic heterocycles. The van der Waals surface area contributed by atoms with Gasteiger partial charge in [-0.25, -0.2) is 9.79 Å². The van der Waals surface area contributed by atoms with Crippen LogP contribution in [0.4, 0.5) is 5.69 Å². The van der Waals surface area contributed by atoms with Crippen molar-refractivity contribution in [2.24, 2.45) is 4.99 Å². The van der Waals surface area contributed by atoms with Crippen molar-refractivity contribution in [2.45, 2.75) is 26.8 Å². The van der Waals surface area contributed by atoms with Gasteiger partial charge in [0.25, 0.3) is 11.5 Å². The van der Waals surface area contributed by atoms with Gasteiger partial charge >= 0.3 is 5.97 Å². The molecule has 9 heteroatoms. The molecule has 0 spiro atoms. The molecule has 2 heterocycles. The van der Waals surface area contributed by atoms with E-state index in [9.17, 15) is 14.4 Å². The molecule has 0 fully saturated rings. The highest BCUT2D eigenvalue weighted by atomic mass is 32.1. The fourth-order valence-electron chi connectivity index (χ4n) is 4.62. The van der Waals surface area contributed by atoms with Crippen molar-refractivity contribution in [1.29, 1.82) is 0 Å². The third kappa shape index (κ3) is 5.90. The third-order valence-corrected chi connectivity index (χ3v) is 7.86. The Hall–Kier alpha value is -4.76. The summed E-state index contributed by atoms with van der Waals surface area (Å²) in [6.07, 6.45) is 1.78. The number of benzene rings is 3. The molecule has 3 aromatic carbocycles. The number of rotatable bonds is 7. The molecule has 5 rings (SSSR count). The van der Waals surface area contributed by atoms with Crippen LogP contribution in [0.25, 0.3) is 6.08 Å². The maximum atomic E-state index is 13.6. The number of anilines is 1. The van der Waals surface area contributed by atoms with E-state index in [1.165, 1.54) is 18.4 Å². The summed E-state index contributed by atoms with van der Waals surface area (Å²) in [6.45, 7) is 5.63. The lowest BCUT2D eigenvalue weighted by molar-refractivity contribution is -0.136. The van der Waals surface area contributed by atoms with Gasteiger partial charge in [-0.3, -0.25) is 14.2 Å². The van der Waals surface area contributed by atoms with Gasteiger partial charge in [0.05, 0.1) is 29.0 Å². The lowest BCUT2D eigenvalue weighted by Gasteiger charge is -2.24. The summed E-state index contributed by atoms with van der Waals surface area (Å²) >= 11 is 1.26. The fraction of sp³-hybridized carbons (Fsp3) is 0.188. The fourth-order valence-corrected chi connectivity index (χ4v) is 5.67. The van der Waals surface area contributed by atoms with Crippen molar-refractivity contribution in [1.82, 2.24) is 4.57 Å². The van der Waals surface area contributed by atoms with Crippen LogP contribution in [0.15, 0.2) is 93.9 Å². The number of methoxy groups -OCH3 is 1. The number of carbonyl (C=O) groups is 2. The smallest absolute Gasteiger partial charge is 0.338 e. The Morgan fingerprint density at radius 1 is 1.00 bits per heavy atom. The molecule has 0 bridgehead atoms. The van der Waals surface area contributed by atoms with Crippen LogP contribution in [0, 0.1) is 13.8 Å². The van der Waals surface area contributed by atoms with Crippen LogP contribution in [0.3, 0.4) is 0 Å². The lowest BCUT2D eigenvalue weighted by Crippen LogP contribution is -2.39. The van der Waals surface area contributed by atoms with Gasteiger partial charge in [0.15, 0.2) is 11.4 Å². The average Bonchev–Trinajstić information content (AvgIpc) is 3.27. The van der Waals surface area contributed by atoms with E-state index >= 15 is 0 Å². The van der Waals surface area contributed by atoms with Crippen molar-refractivity contribution in [2.75, 3.05) is 19.0 Å². The molecule has 0 saturated carbocycles. The van der Waals surface area contributed by atoms with Crippen molar-refractivity contribution < 1.29 is 19.1 Å². The summed E-state index contributed by atoms with van der Waals surface area (Å²) in [7, 11) is 1.32. The van der Waals surface area contributed by atoms with E-state index in [2.05, 4.69) is 10.3 Å². The maximum absolute atomic E-state index is 13.6. The number of aromatic nitrogens is 1. The Balaban J connectivity index is 1.37. The molecule has 1 aliphatic rings. The van der Waals surface area contributed by atoms with Crippen LogP contribution >= 0.6 is 11.3 Å². The second-order valence-corrected chi connectivity index (χ2v) is 10.7. The summed E-state index contributed by atoms with van der Waals surface area (Å²) in [5.74, 6) is -0.248. The SMILES string of the molecule is COC(=O)C1=C(C)N=c2s/c(=C/c3ccc(OCC(=O)Nc4ccc(C)c(C)c4)cc3)c(=O)n2C1c1ccccc1. The van der Waals surface area contributed by atoms with Crippen LogP contribution in [-0.2, 0) is 14.3 Å². The molecule has 4 aromatic rings. The first-order valence-corrected chi connectivity index (χ1v) is 13.8. The number of thiazole rings is 1. The zero-order chi connectivity index (χ0) is 29.1. The molecule has 8 nitrogen and oxygen atoms in total. The number of aryl methyl sites for hydroxylation is 2. The zero-order valence-corrected chi connectivity index (χ0v) is 24.0. The number of hydrogen-bond donors (Lipinski definition) is 1. The van der Waals surface area contributed by atoms with Crippen molar-refractivity contribution in [3.63, 3.8) is 0 Å². The molecule has 41 heavy (non-hydrogen) atoms. The number of ether oxygens (including phenoxy) is 2. The van der Waals surface area contributed by atoms with Crippen molar-refractivity contribution in [3.8, 4) is 5.75 Å². The minimum absolute atomic E-state index is 0.133. The van der Waals surface area contributed by atoms with Gasteiger partial charge in [0, 0.05) is 5.69 Å². The van der Waals surface area contributed by atoms with Crippen molar-refractivity contribution >= 4 is 35.0 Å². The molecule has 1 aromatic heterocycles. The third-order valence-electron chi connectivity index (χ3n) is 6.88. The molecule has 0 radical (unpaired) electrons. The number of allylic oxidation sites excluding steroid dienone is 1. The average molecular weight is 568 g/mol. The Kier molecular flexibility index (Phi) is 7.98. The Labute approximate surface area is 240 Å². The standard InChI is InChI=1S/C32H29N3O5S/c1-19-10-13-24(16-20(19)2)34-27(36)18-40-25-14-11-22(12-15-25)17-26-30(37)35-29(23-8-6-5-7-9-23)28(31(38)39-4)21(3)33-32(35)41-26/h5-17,29H,18H2,1-4H3,(H,34,36)/b26-17+. The quantitative estimate of drug-likeness (QED) is 0.340. The Bertz CT molecular complexity index is 1840. The second-order valence-electron chi connectivity index (χ2n) is 9.69. The van der Waals surface area contributed by atoms with E-state index in [-0.39, 0.29) is 18.1 Å². The highest BCUT2D eigenvalue weighted by Gasteiger charge is 2.32. The van der Waals surface area contributed by atoms with E-state index in [1.807, 2.05) is 74.5 Å². The van der Waals surface area contributed by atoms with Crippen LogP contribution in [0.2, 0.25) is 0 Å². The topological polar surface area (TPSA) is 99.0 Å². The van der Waals surface area contributed by atoms with Gasteiger partial charge in [-0.2, -0.15) is 0 Å².